The first-order chi connectivity index (χ1) is 9.72. The molecule has 0 N–H and O–H groups in total. The van der Waals surface area contributed by atoms with Crippen molar-refractivity contribution in [3.8, 4) is 0 Å². The van der Waals surface area contributed by atoms with Crippen LogP contribution in [0.4, 0.5) is 0 Å². The second-order valence-corrected chi connectivity index (χ2v) is 4.16. The summed E-state index contributed by atoms with van der Waals surface area (Å²) in [7, 11) is 1.34. The fourth-order valence-corrected chi connectivity index (χ4v) is 1.72. The number of imidazole rings is 1. The number of carbonyl (C=O) groups excluding carboxylic acids is 2. The predicted molar refractivity (Wildman–Crippen MR) is 74.2 cm³/mol. The van der Waals surface area contributed by atoms with Gasteiger partial charge in [0.15, 0.2) is 6.29 Å². The molecule has 2 rings (SSSR count). The molecule has 102 valence electrons. The molecule has 0 amide bonds. The van der Waals surface area contributed by atoms with Crippen LogP contribution in [0.15, 0.2) is 42.9 Å². The van der Waals surface area contributed by atoms with Crippen LogP contribution in [-0.2, 0) is 16.1 Å². The second kappa shape index (κ2) is 6.47. The molecule has 5 heteroatoms. The molecule has 2 aromatic rings. The largest absolute Gasteiger partial charge is 0.466 e. The minimum Gasteiger partial charge on any atom is -0.466 e. The summed E-state index contributed by atoms with van der Waals surface area (Å²) in [5.41, 5.74) is 2.49. The fraction of sp³-hybridized carbons (Fsp3) is 0.133. The van der Waals surface area contributed by atoms with Crippen molar-refractivity contribution in [3.63, 3.8) is 0 Å². The van der Waals surface area contributed by atoms with E-state index in [0.717, 1.165) is 17.4 Å². The summed E-state index contributed by atoms with van der Waals surface area (Å²) in [6.07, 6.45) is 6.98. The number of carbonyl (C=O) groups is 2. The van der Waals surface area contributed by atoms with Crippen LogP contribution < -0.4 is 0 Å². The molecule has 0 atom stereocenters. The lowest BCUT2D eigenvalue weighted by molar-refractivity contribution is -0.134. The molecule has 0 aliphatic heterocycles. The molecule has 5 nitrogen and oxygen atoms in total. The number of benzene rings is 1. The molecule has 1 aromatic heterocycles. The molecule has 0 aliphatic carbocycles. The van der Waals surface area contributed by atoms with Gasteiger partial charge in [-0.3, -0.25) is 4.79 Å². The van der Waals surface area contributed by atoms with Gasteiger partial charge in [0.05, 0.1) is 19.6 Å². The zero-order valence-corrected chi connectivity index (χ0v) is 11.0. The summed E-state index contributed by atoms with van der Waals surface area (Å²) in [5, 5.41) is 0. The topological polar surface area (TPSA) is 61.2 Å². The maximum atomic E-state index is 11.0. The van der Waals surface area contributed by atoms with Gasteiger partial charge in [0.25, 0.3) is 0 Å². The molecular weight excluding hydrogens is 256 g/mol. The van der Waals surface area contributed by atoms with E-state index in [1.54, 1.807) is 17.0 Å². The van der Waals surface area contributed by atoms with Crippen molar-refractivity contribution in [3.05, 3.63) is 59.7 Å². The van der Waals surface area contributed by atoms with Crippen LogP contribution in [0.25, 0.3) is 6.08 Å². The minimum absolute atomic E-state index is 0.386. The molecular formula is C15H14N2O3. The lowest BCUT2D eigenvalue weighted by Crippen LogP contribution is -2.02. The van der Waals surface area contributed by atoms with Crippen molar-refractivity contribution in [2.24, 2.45) is 0 Å². The summed E-state index contributed by atoms with van der Waals surface area (Å²) >= 11 is 0. The van der Waals surface area contributed by atoms with Crippen molar-refractivity contribution in [1.82, 2.24) is 9.55 Å². The Bertz CT molecular complexity index is 627. The van der Waals surface area contributed by atoms with E-state index in [9.17, 15) is 9.59 Å². The molecule has 0 fully saturated rings. The number of esters is 1. The van der Waals surface area contributed by atoms with Gasteiger partial charge in [0, 0.05) is 12.6 Å². The lowest BCUT2D eigenvalue weighted by Gasteiger charge is -2.05. The van der Waals surface area contributed by atoms with Crippen LogP contribution in [0.5, 0.6) is 0 Å². The molecule has 0 saturated heterocycles. The molecule has 0 radical (unpaired) electrons. The van der Waals surface area contributed by atoms with Crippen LogP contribution >= 0.6 is 0 Å². The predicted octanol–water partition coefficient (Wildman–Crippen LogP) is 1.93. The van der Waals surface area contributed by atoms with Gasteiger partial charge < -0.3 is 9.30 Å². The number of rotatable bonds is 5. The summed E-state index contributed by atoms with van der Waals surface area (Å²) < 4.78 is 6.29. The minimum atomic E-state index is -0.386. The van der Waals surface area contributed by atoms with Gasteiger partial charge >= 0.3 is 5.97 Å². The highest BCUT2D eigenvalue weighted by Gasteiger charge is 2.01. The molecule has 0 bridgehead atoms. The Hall–Kier alpha value is -2.69. The van der Waals surface area contributed by atoms with Gasteiger partial charge in [0.2, 0.25) is 0 Å². The van der Waals surface area contributed by atoms with Crippen molar-refractivity contribution in [2.45, 2.75) is 6.54 Å². The van der Waals surface area contributed by atoms with E-state index in [-0.39, 0.29) is 5.97 Å². The van der Waals surface area contributed by atoms with Crippen molar-refractivity contribution < 1.29 is 14.3 Å². The Balaban J connectivity index is 2.07. The van der Waals surface area contributed by atoms with Gasteiger partial charge in [0.1, 0.15) is 5.69 Å². The number of aldehydes is 1. The van der Waals surface area contributed by atoms with Crippen molar-refractivity contribution in [1.29, 1.82) is 0 Å². The molecule has 1 aromatic carbocycles. The number of ether oxygens (including phenoxy) is 1. The van der Waals surface area contributed by atoms with Gasteiger partial charge in [-0.15, -0.1) is 0 Å². The maximum absolute atomic E-state index is 11.0. The zero-order chi connectivity index (χ0) is 14.4. The van der Waals surface area contributed by atoms with Crippen LogP contribution in [0.1, 0.15) is 21.6 Å². The zero-order valence-electron chi connectivity index (χ0n) is 11.0. The summed E-state index contributed by atoms with van der Waals surface area (Å²) in [4.78, 5) is 25.7. The normalized spacial score (nSPS) is 10.7. The first-order valence-corrected chi connectivity index (χ1v) is 6.03. The van der Waals surface area contributed by atoms with E-state index in [1.165, 1.54) is 19.4 Å². The van der Waals surface area contributed by atoms with Crippen molar-refractivity contribution in [2.75, 3.05) is 7.11 Å². The molecule has 0 unspecified atom stereocenters. The van der Waals surface area contributed by atoms with Crippen LogP contribution in [0.3, 0.4) is 0 Å². The van der Waals surface area contributed by atoms with Gasteiger partial charge in [-0.1, -0.05) is 24.3 Å². The molecule has 0 saturated carbocycles. The summed E-state index contributed by atoms with van der Waals surface area (Å²) in [5.74, 6) is -0.386. The van der Waals surface area contributed by atoms with Crippen LogP contribution in [-0.4, -0.2) is 28.9 Å². The highest BCUT2D eigenvalue weighted by Crippen LogP contribution is 2.09. The number of hydrogen-bond donors (Lipinski definition) is 0. The highest BCUT2D eigenvalue weighted by molar-refractivity contribution is 5.86. The molecule has 0 aliphatic rings. The SMILES string of the molecule is COC(=O)C=Cc1ccc(Cn2cncc2C=O)cc1. The Morgan fingerprint density at radius 1 is 1.35 bits per heavy atom. The fourth-order valence-electron chi connectivity index (χ4n) is 1.72. The average Bonchev–Trinajstić information content (AvgIpc) is 2.93. The van der Waals surface area contributed by atoms with E-state index in [0.29, 0.717) is 12.2 Å². The third-order valence-corrected chi connectivity index (χ3v) is 2.81. The number of methoxy groups -OCH3 is 1. The Morgan fingerprint density at radius 3 is 2.75 bits per heavy atom. The number of aromatic nitrogens is 2. The quantitative estimate of drug-likeness (QED) is 0.473. The summed E-state index contributed by atoms with van der Waals surface area (Å²) in [6, 6.07) is 7.66. The third-order valence-electron chi connectivity index (χ3n) is 2.81. The van der Waals surface area contributed by atoms with Gasteiger partial charge in [-0.2, -0.15) is 0 Å². The van der Waals surface area contributed by atoms with E-state index in [1.807, 2.05) is 24.3 Å². The maximum Gasteiger partial charge on any atom is 0.330 e. The first kappa shape index (κ1) is 13.7. The van der Waals surface area contributed by atoms with Crippen LogP contribution in [0, 0.1) is 0 Å². The summed E-state index contributed by atoms with van der Waals surface area (Å²) in [6.45, 7) is 0.578. The first-order valence-electron chi connectivity index (χ1n) is 6.03. The standard InChI is InChI=1S/C15H14N2O3/c1-20-15(19)7-6-12-2-4-13(5-3-12)9-17-11-16-8-14(17)10-18/h2-8,10-11H,9H2,1H3. The number of nitrogens with zero attached hydrogens (tertiary/aromatic N) is 2. The highest BCUT2D eigenvalue weighted by atomic mass is 16.5. The van der Waals surface area contributed by atoms with Gasteiger partial charge in [-0.05, 0) is 17.2 Å². The smallest absolute Gasteiger partial charge is 0.330 e. The molecule has 1 heterocycles. The molecule has 0 spiro atoms. The monoisotopic (exact) mass is 270 g/mol. The van der Waals surface area contributed by atoms with Gasteiger partial charge in [-0.25, -0.2) is 9.78 Å². The van der Waals surface area contributed by atoms with E-state index < -0.39 is 0 Å². The lowest BCUT2D eigenvalue weighted by atomic mass is 10.1. The second-order valence-electron chi connectivity index (χ2n) is 4.16. The van der Waals surface area contributed by atoms with Crippen molar-refractivity contribution >= 4 is 18.3 Å². The Morgan fingerprint density at radius 2 is 2.10 bits per heavy atom. The Labute approximate surface area is 116 Å². The number of hydrogen-bond acceptors (Lipinski definition) is 4. The average molecular weight is 270 g/mol. The molecule has 20 heavy (non-hydrogen) atoms. The Kier molecular flexibility index (Phi) is 4.44. The third kappa shape index (κ3) is 3.41. The van der Waals surface area contributed by atoms with E-state index >= 15 is 0 Å². The van der Waals surface area contributed by atoms with E-state index in [4.69, 9.17) is 0 Å². The van der Waals surface area contributed by atoms with Crippen LogP contribution in [0.2, 0.25) is 0 Å². The van der Waals surface area contributed by atoms with E-state index in [2.05, 4.69) is 9.72 Å².